The van der Waals surface area contributed by atoms with Crippen LogP contribution in [0.2, 0.25) is 0 Å². The highest BCUT2D eigenvalue weighted by Crippen LogP contribution is 2.29. The van der Waals surface area contributed by atoms with Crippen LogP contribution in [0.5, 0.6) is 0 Å². The van der Waals surface area contributed by atoms with Crippen molar-refractivity contribution < 1.29 is 50.3 Å². The van der Waals surface area contributed by atoms with Gasteiger partial charge in [0.25, 0.3) is 0 Å². The SMILES string of the molecule is CO/N=C1/C(C(C)N)CN(OC(=O)C(F)(F)F)C1OC(=O)C(F)(F)F. The lowest BCUT2D eigenvalue weighted by atomic mass is 9.99. The number of halogens is 6. The molecule has 1 aliphatic heterocycles. The van der Waals surface area contributed by atoms with Gasteiger partial charge in [-0.05, 0) is 6.92 Å². The fourth-order valence-electron chi connectivity index (χ4n) is 1.90. The summed E-state index contributed by atoms with van der Waals surface area (Å²) < 4.78 is 78.2. The highest BCUT2D eigenvalue weighted by atomic mass is 19.4. The van der Waals surface area contributed by atoms with Crippen LogP contribution in [0.15, 0.2) is 5.16 Å². The zero-order valence-corrected chi connectivity index (χ0v) is 12.7. The zero-order chi connectivity index (χ0) is 19.6. The number of carbonyl (C=O) groups is 2. The monoisotopic (exact) mass is 381 g/mol. The largest absolute Gasteiger partial charge is 0.492 e. The van der Waals surface area contributed by atoms with E-state index in [4.69, 9.17) is 5.73 Å². The Morgan fingerprint density at radius 3 is 2.12 bits per heavy atom. The average Bonchev–Trinajstić information content (AvgIpc) is 2.76. The Labute approximate surface area is 136 Å². The molecule has 0 bridgehead atoms. The number of ether oxygens (including phenoxy) is 1. The quantitative estimate of drug-likeness (QED) is 0.435. The maximum Gasteiger partial charge on any atom is 0.492 e. The Kier molecular flexibility index (Phi) is 6.23. The Bertz CT molecular complexity index is 547. The van der Waals surface area contributed by atoms with E-state index in [9.17, 15) is 35.9 Å². The van der Waals surface area contributed by atoms with E-state index >= 15 is 0 Å². The highest BCUT2D eigenvalue weighted by molar-refractivity contribution is 5.94. The standard InChI is InChI=1S/C11H13F6N3O5/c1-4(18)5-3-20(25-9(22)11(15,16)17)7(6(5)19-23-2)24-8(21)10(12,13)14/h4-5,7H,3,18H2,1-2H3/b19-6-. The molecule has 2 N–H and O–H groups in total. The summed E-state index contributed by atoms with van der Waals surface area (Å²) in [7, 11) is 0.998. The van der Waals surface area contributed by atoms with Crippen molar-refractivity contribution in [3.8, 4) is 0 Å². The summed E-state index contributed by atoms with van der Waals surface area (Å²) in [4.78, 5) is 30.3. The van der Waals surface area contributed by atoms with Gasteiger partial charge in [0.05, 0.1) is 0 Å². The van der Waals surface area contributed by atoms with Gasteiger partial charge in [0.2, 0.25) is 6.23 Å². The molecule has 1 heterocycles. The first-order valence-corrected chi connectivity index (χ1v) is 6.49. The summed E-state index contributed by atoms with van der Waals surface area (Å²) in [5.41, 5.74) is 5.15. The second-order valence-corrected chi connectivity index (χ2v) is 4.90. The van der Waals surface area contributed by atoms with Crippen LogP contribution in [0.3, 0.4) is 0 Å². The maximum atomic E-state index is 12.4. The molecule has 1 aliphatic rings. The molecular weight excluding hydrogens is 368 g/mol. The van der Waals surface area contributed by atoms with Crippen LogP contribution in [0.1, 0.15) is 6.92 Å². The number of hydroxylamine groups is 2. The van der Waals surface area contributed by atoms with E-state index in [-0.39, 0.29) is 5.06 Å². The molecule has 3 atom stereocenters. The third-order valence-corrected chi connectivity index (χ3v) is 2.98. The predicted octanol–water partition coefficient (Wildman–Crippen LogP) is 0.720. The first-order chi connectivity index (χ1) is 11.3. The lowest BCUT2D eigenvalue weighted by molar-refractivity contribution is -0.262. The molecule has 25 heavy (non-hydrogen) atoms. The molecule has 0 amide bonds. The Balaban J connectivity index is 3.16. The van der Waals surface area contributed by atoms with Gasteiger partial charge >= 0.3 is 24.3 Å². The average molecular weight is 381 g/mol. The van der Waals surface area contributed by atoms with Crippen LogP contribution in [0.25, 0.3) is 0 Å². The van der Waals surface area contributed by atoms with Crippen molar-refractivity contribution in [2.75, 3.05) is 13.7 Å². The second kappa shape index (κ2) is 7.43. The van der Waals surface area contributed by atoms with Crippen LogP contribution in [-0.2, 0) is 24.0 Å². The fourth-order valence-corrected chi connectivity index (χ4v) is 1.90. The molecule has 0 aromatic carbocycles. The lowest BCUT2D eigenvalue weighted by Gasteiger charge is -2.23. The number of nitrogens with two attached hydrogens (primary N) is 1. The Morgan fingerprint density at radius 1 is 1.20 bits per heavy atom. The lowest BCUT2D eigenvalue weighted by Crippen LogP contribution is -2.44. The van der Waals surface area contributed by atoms with Gasteiger partial charge in [-0.15, -0.1) is 0 Å². The topological polar surface area (TPSA) is 103 Å². The summed E-state index contributed by atoms with van der Waals surface area (Å²) in [5.74, 6) is -6.45. The normalized spacial score (nSPS) is 24.9. The Hall–Kier alpha value is -2.09. The van der Waals surface area contributed by atoms with E-state index in [2.05, 4.69) is 19.6 Å². The number of rotatable bonds is 4. The number of nitrogens with zero attached hydrogens (tertiary/aromatic N) is 2. The van der Waals surface area contributed by atoms with Crippen molar-refractivity contribution in [3.05, 3.63) is 0 Å². The summed E-state index contributed by atoms with van der Waals surface area (Å²) in [5, 5.41) is 3.44. The van der Waals surface area contributed by atoms with E-state index in [1.807, 2.05) is 0 Å². The van der Waals surface area contributed by atoms with Crippen LogP contribution < -0.4 is 5.73 Å². The van der Waals surface area contributed by atoms with Gasteiger partial charge < -0.3 is 20.1 Å². The van der Waals surface area contributed by atoms with Gasteiger partial charge in [-0.1, -0.05) is 10.2 Å². The first kappa shape index (κ1) is 21.0. The van der Waals surface area contributed by atoms with Gasteiger partial charge in [-0.25, -0.2) is 9.59 Å². The van der Waals surface area contributed by atoms with Gasteiger partial charge in [0.15, 0.2) is 0 Å². The zero-order valence-electron chi connectivity index (χ0n) is 12.7. The van der Waals surface area contributed by atoms with E-state index in [0.29, 0.717) is 0 Å². The van der Waals surface area contributed by atoms with Gasteiger partial charge in [-0.2, -0.15) is 26.3 Å². The highest BCUT2D eigenvalue weighted by Gasteiger charge is 2.52. The van der Waals surface area contributed by atoms with Crippen LogP contribution >= 0.6 is 0 Å². The number of carbonyl (C=O) groups excluding carboxylic acids is 2. The minimum Gasteiger partial charge on any atom is -0.431 e. The number of alkyl halides is 6. The molecule has 0 spiro atoms. The van der Waals surface area contributed by atoms with E-state index in [0.717, 1.165) is 7.11 Å². The molecule has 1 rings (SSSR count). The molecule has 1 fully saturated rings. The van der Waals surface area contributed by atoms with Gasteiger partial charge in [0.1, 0.15) is 12.8 Å². The van der Waals surface area contributed by atoms with Gasteiger partial charge in [0, 0.05) is 18.5 Å². The third kappa shape index (κ3) is 5.19. The molecular formula is C11H13F6N3O5. The third-order valence-electron chi connectivity index (χ3n) is 2.98. The van der Waals surface area contributed by atoms with Crippen molar-refractivity contribution in [3.63, 3.8) is 0 Å². The predicted molar refractivity (Wildman–Crippen MR) is 66.4 cm³/mol. The maximum absolute atomic E-state index is 12.4. The summed E-state index contributed by atoms with van der Waals surface area (Å²) >= 11 is 0. The number of hydrogen-bond donors (Lipinski definition) is 1. The van der Waals surface area contributed by atoms with Crippen LogP contribution in [0, 0.1) is 5.92 Å². The number of hydrogen-bond acceptors (Lipinski definition) is 8. The molecule has 0 radical (unpaired) electrons. The number of esters is 1. The molecule has 0 aromatic rings. The molecule has 1 saturated heterocycles. The molecule has 0 saturated carbocycles. The van der Waals surface area contributed by atoms with Crippen molar-refractivity contribution in [1.82, 2.24) is 5.06 Å². The minimum atomic E-state index is -5.44. The van der Waals surface area contributed by atoms with E-state index in [1.165, 1.54) is 6.92 Å². The summed E-state index contributed by atoms with van der Waals surface area (Å²) in [6, 6.07) is -0.851. The summed E-state index contributed by atoms with van der Waals surface area (Å²) in [6.45, 7) is 0.769. The van der Waals surface area contributed by atoms with Crippen molar-refractivity contribution >= 4 is 17.7 Å². The smallest absolute Gasteiger partial charge is 0.431 e. The Morgan fingerprint density at radius 2 is 1.72 bits per heavy atom. The van der Waals surface area contributed by atoms with Crippen molar-refractivity contribution in [1.29, 1.82) is 0 Å². The first-order valence-electron chi connectivity index (χ1n) is 6.49. The number of oxime groups is 1. The molecule has 0 aromatic heterocycles. The van der Waals surface area contributed by atoms with Crippen molar-refractivity contribution in [2.24, 2.45) is 16.8 Å². The van der Waals surface area contributed by atoms with E-state index in [1.54, 1.807) is 0 Å². The van der Waals surface area contributed by atoms with Crippen LogP contribution in [-0.4, -0.2) is 61.0 Å². The molecule has 8 nitrogen and oxygen atoms in total. The second-order valence-electron chi connectivity index (χ2n) is 4.90. The molecule has 144 valence electrons. The van der Waals surface area contributed by atoms with Crippen molar-refractivity contribution in [2.45, 2.75) is 31.5 Å². The molecule has 14 heteroatoms. The van der Waals surface area contributed by atoms with Gasteiger partial charge in [-0.3, -0.25) is 0 Å². The molecule has 3 unspecified atom stereocenters. The molecule has 0 aliphatic carbocycles. The minimum absolute atomic E-state index is 0.103. The fraction of sp³-hybridized carbons (Fsp3) is 0.727. The van der Waals surface area contributed by atoms with E-state index < -0.39 is 54.7 Å². The van der Waals surface area contributed by atoms with Crippen LogP contribution in [0.4, 0.5) is 26.3 Å². The summed E-state index contributed by atoms with van der Waals surface area (Å²) in [6.07, 6.45) is -13.1.